The Balaban J connectivity index is 2.34. The minimum Gasteiger partial charge on any atom is -0.465 e. The molecule has 0 bridgehead atoms. The SMILES string of the molecule is COC(=O)c1sc2nc(Cl)nc(NCCNC(C)=O)c2c1C. The second-order valence-corrected chi connectivity index (χ2v) is 5.82. The highest BCUT2D eigenvalue weighted by Crippen LogP contribution is 2.34. The van der Waals surface area contributed by atoms with Crippen molar-refractivity contribution in [3.63, 3.8) is 0 Å². The van der Waals surface area contributed by atoms with Gasteiger partial charge in [0.1, 0.15) is 15.5 Å². The van der Waals surface area contributed by atoms with Crippen LogP contribution in [-0.2, 0) is 9.53 Å². The van der Waals surface area contributed by atoms with Crippen LogP contribution < -0.4 is 10.6 Å². The lowest BCUT2D eigenvalue weighted by atomic mass is 10.2. The van der Waals surface area contributed by atoms with E-state index < -0.39 is 5.97 Å². The molecule has 0 unspecified atom stereocenters. The molecular formula is C13H15ClN4O3S. The second kappa shape index (κ2) is 6.89. The summed E-state index contributed by atoms with van der Waals surface area (Å²) in [5.74, 6) is 0.0115. The molecule has 2 N–H and O–H groups in total. The van der Waals surface area contributed by atoms with E-state index in [0.29, 0.717) is 28.6 Å². The van der Waals surface area contributed by atoms with Crippen LogP contribution in [0, 0.1) is 6.92 Å². The number of esters is 1. The van der Waals surface area contributed by atoms with Crippen molar-refractivity contribution in [3.05, 3.63) is 15.7 Å². The molecule has 0 saturated carbocycles. The fraction of sp³-hybridized carbons (Fsp3) is 0.385. The molecule has 2 aromatic rings. The smallest absolute Gasteiger partial charge is 0.348 e. The number of ether oxygens (including phenoxy) is 1. The van der Waals surface area contributed by atoms with Crippen molar-refractivity contribution in [2.75, 3.05) is 25.5 Å². The number of methoxy groups -OCH3 is 1. The van der Waals surface area contributed by atoms with Gasteiger partial charge in [-0.25, -0.2) is 14.8 Å². The Hall–Kier alpha value is -1.93. The predicted octanol–water partition coefficient (Wildman–Crippen LogP) is 1.99. The van der Waals surface area contributed by atoms with E-state index in [9.17, 15) is 9.59 Å². The number of thiophene rings is 1. The molecule has 0 aliphatic heterocycles. The van der Waals surface area contributed by atoms with Crippen LogP contribution in [-0.4, -0.2) is 42.0 Å². The van der Waals surface area contributed by atoms with Crippen LogP contribution in [0.25, 0.3) is 10.2 Å². The van der Waals surface area contributed by atoms with Crippen LogP contribution in [0.2, 0.25) is 5.28 Å². The number of hydrogen-bond acceptors (Lipinski definition) is 7. The maximum absolute atomic E-state index is 11.8. The van der Waals surface area contributed by atoms with Crippen molar-refractivity contribution >= 4 is 50.8 Å². The number of aromatic nitrogens is 2. The Morgan fingerprint density at radius 2 is 2.05 bits per heavy atom. The van der Waals surface area contributed by atoms with Crippen LogP contribution >= 0.6 is 22.9 Å². The molecule has 0 fully saturated rings. The van der Waals surface area contributed by atoms with E-state index in [4.69, 9.17) is 16.3 Å². The summed E-state index contributed by atoms with van der Waals surface area (Å²) in [7, 11) is 1.33. The summed E-state index contributed by atoms with van der Waals surface area (Å²) in [6.45, 7) is 4.18. The van der Waals surface area contributed by atoms with Crippen molar-refractivity contribution in [1.29, 1.82) is 0 Å². The zero-order valence-corrected chi connectivity index (χ0v) is 13.9. The summed E-state index contributed by atoms with van der Waals surface area (Å²) in [6.07, 6.45) is 0. The zero-order chi connectivity index (χ0) is 16.3. The van der Waals surface area contributed by atoms with E-state index >= 15 is 0 Å². The standard InChI is InChI=1S/C13H15ClN4O3S/c1-6-8-10(16-5-4-15-7(2)19)17-13(14)18-11(8)22-9(6)12(20)21-3/h4-5H2,1-3H3,(H,15,19)(H,16,17,18). The lowest BCUT2D eigenvalue weighted by molar-refractivity contribution is -0.118. The Bertz CT molecular complexity index is 732. The van der Waals surface area contributed by atoms with Gasteiger partial charge in [0.2, 0.25) is 11.2 Å². The minimum atomic E-state index is -0.416. The molecule has 0 atom stereocenters. The average Bonchev–Trinajstić information content (AvgIpc) is 2.79. The molecule has 2 aromatic heterocycles. The number of aryl methyl sites for hydroxylation is 1. The van der Waals surface area contributed by atoms with Gasteiger partial charge in [-0.3, -0.25) is 4.79 Å². The Kier molecular flexibility index (Phi) is 5.15. The van der Waals surface area contributed by atoms with E-state index in [1.165, 1.54) is 25.4 Å². The van der Waals surface area contributed by atoms with Gasteiger partial charge in [0.25, 0.3) is 0 Å². The predicted molar refractivity (Wildman–Crippen MR) is 85.7 cm³/mol. The van der Waals surface area contributed by atoms with E-state index in [1.807, 2.05) is 0 Å². The van der Waals surface area contributed by atoms with Gasteiger partial charge < -0.3 is 15.4 Å². The molecule has 0 saturated heterocycles. The molecule has 0 radical (unpaired) electrons. The Morgan fingerprint density at radius 3 is 2.68 bits per heavy atom. The van der Waals surface area contributed by atoms with Gasteiger partial charge in [-0.2, -0.15) is 0 Å². The third kappa shape index (κ3) is 3.45. The van der Waals surface area contributed by atoms with Gasteiger partial charge in [0.15, 0.2) is 0 Å². The number of carbonyl (C=O) groups excluding carboxylic acids is 2. The number of rotatable bonds is 5. The van der Waals surface area contributed by atoms with Crippen molar-refractivity contribution in [2.45, 2.75) is 13.8 Å². The highest BCUT2D eigenvalue weighted by atomic mass is 35.5. The molecule has 2 heterocycles. The van der Waals surface area contributed by atoms with E-state index in [0.717, 1.165) is 10.9 Å². The van der Waals surface area contributed by atoms with Gasteiger partial charge in [-0.05, 0) is 24.1 Å². The summed E-state index contributed by atoms with van der Waals surface area (Å²) in [4.78, 5) is 32.0. The Labute approximate surface area is 136 Å². The molecule has 0 aliphatic rings. The zero-order valence-electron chi connectivity index (χ0n) is 12.3. The van der Waals surface area contributed by atoms with Crippen LogP contribution in [0.1, 0.15) is 22.2 Å². The molecule has 7 nitrogen and oxygen atoms in total. The molecule has 118 valence electrons. The fourth-order valence-electron chi connectivity index (χ4n) is 1.95. The summed E-state index contributed by atoms with van der Waals surface area (Å²) < 4.78 is 4.76. The van der Waals surface area contributed by atoms with Crippen LogP contribution in [0.3, 0.4) is 0 Å². The molecular weight excluding hydrogens is 328 g/mol. The molecule has 22 heavy (non-hydrogen) atoms. The van der Waals surface area contributed by atoms with Gasteiger partial charge in [-0.1, -0.05) is 0 Å². The van der Waals surface area contributed by atoms with Crippen LogP contribution in [0.5, 0.6) is 0 Å². The first kappa shape index (κ1) is 16.4. The topological polar surface area (TPSA) is 93.2 Å². The molecule has 2 rings (SSSR count). The van der Waals surface area contributed by atoms with Gasteiger partial charge in [-0.15, -0.1) is 11.3 Å². The highest BCUT2D eigenvalue weighted by molar-refractivity contribution is 7.20. The summed E-state index contributed by atoms with van der Waals surface area (Å²) in [5, 5.41) is 6.60. The molecule has 0 spiro atoms. The lowest BCUT2D eigenvalue weighted by Gasteiger charge is -2.08. The number of hydrogen-bond donors (Lipinski definition) is 2. The van der Waals surface area contributed by atoms with Crippen molar-refractivity contribution in [2.24, 2.45) is 0 Å². The number of carbonyl (C=O) groups is 2. The summed E-state index contributed by atoms with van der Waals surface area (Å²) in [5.41, 5.74) is 0.741. The van der Waals surface area contributed by atoms with Gasteiger partial charge in [0, 0.05) is 20.0 Å². The third-order valence-corrected chi connectivity index (χ3v) is 4.26. The van der Waals surface area contributed by atoms with Crippen molar-refractivity contribution < 1.29 is 14.3 Å². The largest absolute Gasteiger partial charge is 0.465 e. The monoisotopic (exact) mass is 342 g/mol. The molecule has 0 aliphatic carbocycles. The summed E-state index contributed by atoms with van der Waals surface area (Å²) >= 11 is 7.13. The number of amides is 1. The van der Waals surface area contributed by atoms with E-state index in [2.05, 4.69) is 20.6 Å². The maximum Gasteiger partial charge on any atom is 0.348 e. The average molecular weight is 343 g/mol. The molecule has 9 heteroatoms. The second-order valence-electron chi connectivity index (χ2n) is 4.48. The maximum atomic E-state index is 11.8. The molecule has 1 amide bonds. The fourth-order valence-corrected chi connectivity index (χ4v) is 3.27. The quantitative estimate of drug-likeness (QED) is 0.490. The van der Waals surface area contributed by atoms with Crippen molar-refractivity contribution in [1.82, 2.24) is 15.3 Å². The van der Waals surface area contributed by atoms with E-state index in [1.54, 1.807) is 6.92 Å². The summed E-state index contributed by atoms with van der Waals surface area (Å²) in [6, 6.07) is 0. The molecule has 0 aromatic carbocycles. The normalized spacial score (nSPS) is 10.5. The lowest BCUT2D eigenvalue weighted by Crippen LogP contribution is -2.26. The number of nitrogens with zero attached hydrogens (tertiary/aromatic N) is 2. The third-order valence-electron chi connectivity index (χ3n) is 2.93. The minimum absolute atomic E-state index is 0.0900. The highest BCUT2D eigenvalue weighted by Gasteiger charge is 2.20. The van der Waals surface area contributed by atoms with E-state index in [-0.39, 0.29) is 11.2 Å². The van der Waals surface area contributed by atoms with Crippen LogP contribution in [0.15, 0.2) is 0 Å². The Morgan fingerprint density at radius 1 is 1.32 bits per heavy atom. The number of anilines is 1. The number of nitrogens with one attached hydrogen (secondary N) is 2. The van der Waals surface area contributed by atoms with Crippen LogP contribution in [0.4, 0.5) is 5.82 Å². The number of fused-ring (bicyclic) bond motifs is 1. The number of halogens is 1. The first-order valence-electron chi connectivity index (χ1n) is 6.47. The van der Waals surface area contributed by atoms with Gasteiger partial charge in [0.05, 0.1) is 12.5 Å². The first-order chi connectivity index (χ1) is 10.4. The van der Waals surface area contributed by atoms with Crippen molar-refractivity contribution in [3.8, 4) is 0 Å². The first-order valence-corrected chi connectivity index (χ1v) is 7.66. The van der Waals surface area contributed by atoms with Gasteiger partial charge >= 0.3 is 5.97 Å².